The van der Waals surface area contributed by atoms with Crippen molar-refractivity contribution < 1.29 is 19.4 Å². The Hall–Kier alpha value is -1.10. The van der Waals surface area contributed by atoms with Gasteiger partial charge in [0.1, 0.15) is 6.04 Å². The van der Waals surface area contributed by atoms with E-state index in [1.807, 2.05) is 6.92 Å². The fourth-order valence-corrected chi connectivity index (χ4v) is 2.23. The molecule has 0 spiro atoms. The Bertz CT molecular complexity index is 294. The molecule has 5 nitrogen and oxygen atoms in total. The summed E-state index contributed by atoms with van der Waals surface area (Å²) in [6.07, 6.45) is 5.29. The van der Waals surface area contributed by atoms with Crippen LogP contribution in [0.15, 0.2) is 0 Å². The van der Waals surface area contributed by atoms with Gasteiger partial charge in [-0.15, -0.1) is 0 Å². The molecular formula is C13H23NO4. The Labute approximate surface area is 108 Å². The third kappa shape index (κ3) is 3.98. The van der Waals surface area contributed by atoms with Gasteiger partial charge >= 0.3 is 5.97 Å². The van der Waals surface area contributed by atoms with E-state index in [2.05, 4.69) is 5.32 Å². The lowest BCUT2D eigenvalue weighted by Crippen LogP contribution is -2.47. The summed E-state index contributed by atoms with van der Waals surface area (Å²) in [5.74, 6) is -1.18. The van der Waals surface area contributed by atoms with Crippen LogP contribution in [0.25, 0.3) is 0 Å². The van der Waals surface area contributed by atoms with Crippen LogP contribution in [0.3, 0.4) is 0 Å². The molecule has 1 amide bonds. The van der Waals surface area contributed by atoms with Crippen molar-refractivity contribution in [2.45, 2.75) is 63.5 Å². The Morgan fingerprint density at radius 3 is 2.50 bits per heavy atom. The molecule has 0 heterocycles. The van der Waals surface area contributed by atoms with Gasteiger partial charge in [-0.25, -0.2) is 4.79 Å². The fourth-order valence-electron chi connectivity index (χ4n) is 2.23. The Morgan fingerprint density at radius 1 is 1.44 bits per heavy atom. The zero-order chi connectivity index (χ0) is 13.6. The van der Waals surface area contributed by atoms with E-state index < -0.39 is 12.0 Å². The topological polar surface area (TPSA) is 75.6 Å². The van der Waals surface area contributed by atoms with Gasteiger partial charge in [0.05, 0.1) is 12.0 Å². The summed E-state index contributed by atoms with van der Waals surface area (Å²) < 4.78 is 5.36. The average Bonchev–Trinajstić information content (AvgIpc) is 2.28. The number of nitrogens with one attached hydrogen (secondary N) is 1. The molecule has 2 N–H and O–H groups in total. The molecule has 1 saturated carbocycles. The van der Waals surface area contributed by atoms with Crippen molar-refractivity contribution in [1.82, 2.24) is 5.32 Å². The van der Waals surface area contributed by atoms with Crippen LogP contribution in [-0.4, -0.2) is 35.7 Å². The Balaban J connectivity index is 2.43. The molecular weight excluding hydrogens is 234 g/mol. The molecule has 0 aromatic heterocycles. The van der Waals surface area contributed by atoms with Crippen molar-refractivity contribution in [3.63, 3.8) is 0 Å². The zero-order valence-electron chi connectivity index (χ0n) is 11.2. The van der Waals surface area contributed by atoms with Crippen LogP contribution in [0.4, 0.5) is 0 Å². The largest absolute Gasteiger partial charge is 0.480 e. The number of ether oxygens (including phenoxy) is 1. The molecule has 1 aliphatic carbocycles. The number of unbranched alkanes of at least 4 members (excludes halogenated alkanes) is 1. The highest BCUT2D eigenvalue weighted by Gasteiger charge is 2.39. The molecule has 0 aromatic carbocycles. The second kappa shape index (κ2) is 6.73. The van der Waals surface area contributed by atoms with Crippen LogP contribution in [0.5, 0.6) is 0 Å². The third-order valence-corrected chi connectivity index (χ3v) is 3.66. The summed E-state index contributed by atoms with van der Waals surface area (Å²) in [7, 11) is 1.61. The summed E-state index contributed by atoms with van der Waals surface area (Å²) in [6, 6.07) is -0.772. The van der Waals surface area contributed by atoms with Crippen molar-refractivity contribution in [2.75, 3.05) is 7.11 Å². The van der Waals surface area contributed by atoms with E-state index in [9.17, 15) is 9.59 Å². The molecule has 0 aliphatic heterocycles. The summed E-state index contributed by atoms with van der Waals surface area (Å²) in [4.78, 5) is 22.8. The van der Waals surface area contributed by atoms with E-state index in [-0.39, 0.29) is 17.9 Å². The Morgan fingerprint density at radius 2 is 2.11 bits per heavy atom. The van der Waals surface area contributed by atoms with Crippen LogP contribution in [0, 0.1) is 0 Å². The number of amides is 1. The first-order chi connectivity index (χ1) is 8.53. The number of hydrogen-bond donors (Lipinski definition) is 2. The number of carbonyl (C=O) groups is 2. The lowest BCUT2D eigenvalue weighted by Gasteiger charge is -2.40. The van der Waals surface area contributed by atoms with Crippen LogP contribution >= 0.6 is 0 Å². The highest BCUT2D eigenvalue weighted by Crippen LogP contribution is 2.37. The van der Waals surface area contributed by atoms with Gasteiger partial charge in [-0.1, -0.05) is 19.8 Å². The van der Waals surface area contributed by atoms with Crippen LogP contribution in [-0.2, 0) is 14.3 Å². The lowest BCUT2D eigenvalue weighted by molar-refractivity contribution is -0.145. The molecule has 1 fully saturated rings. The van der Waals surface area contributed by atoms with Crippen LogP contribution < -0.4 is 5.32 Å². The third-order valence-electron chi connectivity index (χ3n) is 3.66. The van der Waals surface area contributed by atoms with Gasteiger partial charge in [-0.05, 0) is 25.7 Å². The molecule has 1 rings (SSSR count). The van der Waals surface area contributed by atoms with Crippen LogP contribution in [0.2, 0.25) is 0 Å². The van der Waals surface area contributed by atoms with Gasteiger partial charge in [-0.3, -0.25) is 4.79 Å². The van der Waals surface area contributed by atoms with Crippen molar-refractivity contribution in [3.05, 3.63) is 0 Å². The second-order valence-electron chi connectivity index (χ2n) is 5.02. The number of carboxylic acid groups (broad SMARTS) is 1. The minimum atomic E-state index is -0.961. The van der Waals surface area contributed by atoms with Gasteiger partial charge in [0.15, 0.2) is 0 Å². The van der Waals surface area contributed by atoms with Crippen LogP contribution in [0.1, 0.15) is 51.9 Å². The maximum atomic E-state index is 11.8. The molecule has 0 saturated heterocycles. The van der Waals surface area contributed by atoms with Crippen molar-refractivity contribution >= 4 is 11.9 Å². The summed E-state index contributed by atoms with van der Waals surface area (Å²) in [5.41, 5.74) is -0.349. The first kappa shape index (κ1) is 15.0. The average molecular weight is 257 g/mol. The summed E-state index contributed by atoms with van der Waals surface area (Å²) in [6.45, 7) is 2.00. The smallest absolute Gasteiger partial charge is 0.326 e. The number of rotatable bonds is 8. The highest BCUT2D eigenvalue weighted by atomic mass is 16.5. The van der Waals surface area contributed by atoms with Gasteiger partial charge in [0.2, 0.25) is 5.91 Å². The molecule has 18 heavy (non-hydrogen) atoms. The highest BCUT2D eigenvalue weighted by molar-refractivity contribution is 5.84. The zero-order valence-corrected chi connectivity index (χ0v) is 11.2. The number of methoxy groups -OCH3 is 1. The van der Waals surface area contributed by atoms with Crippen molar-refractivity contribution in [1.29, 1.82) is 0 Å². The monoisotopic (exact) mass is 257 g/mol. The van der Waals surface area contributed by atoms with Crippen molar-refractivity contribution in [3.8, 4) is 0 Å². The van der Waals surface area contributed by atoms with Crippen molar-refractivity contribution in [2.24, 2.45) is 0 Å². The van der Waals surface area contributed by atoms with E-state index in [0.29, 0.717) is 6.42 Å². The number of hydrogen-bond acceptors (Lipinski definition) is 3. The predicted molar refractivity (Wildman–Crippen MR) is 67.3 cm³/mol. The SMILES string of the molecule is CCCCC(NC(=O)CC1(OC)CCC1)C(=O)O. The van der Waals surface area contributed by atoms with Gasteiger partial charge in [0, 0.05) is 7.11 Å². The number of carboxylic acids is 1. The minimum Gasteiger partial charge on any atom is -0.480 e. The fraction of sp³-hybridized carbons (Fsp3) is 0.846. The number of carbonyl (C=O) groups excluding carboxylic acids is 1. The van der Waals surface area contributed by atoms with E-state index in [0.717, 1.165) is 32.1 Å². The maximum Gasteiger partial charge on any atom is 0.326 e. The molecule has 5 heteroatoms. The summed E-state index contributed by atoms with van der Waals surface area (Å²) >= 11 is 0. The van der Waals surface area contributed by atoms with E-state index in [1.165, 1.54) is 0 Å². The minimum absolute atomic E-state index is 0.222. The first-order valence-electron chi connectivity index (χ1n) is 6.60. The van der Waals surface area contributed by atoms with Gasteiger partial charge < -0.3 is 15.2 Å². The first-order valence-corrected chi connectivity index (χ1v) is 6.60. The molecule has 1 aliphatic rings. The lowest BCUT2D eigenvalue weighted by atomic mass is 9.77. The molecule has 0 bridgehead atoms. The Kier molecular flexibility index (Phi) is 5.59. The van der Waals surface area contributed by atoms with E-state index in [4.69, 9.17) is 9.84 Å². The molecule has 104 valence electrons. The quantitative estimate of drug-likeness (QED) is 0.694. The number of aliphatic carboxylic acids is 1. The maximum absolute atomic E-state index is 11.8. The van der Waals surface area contributed by atoms with Gasteiger partial charge in [-0.2, -0.15) is 0 Å². The second-order valence-corrected chi connectivity index (χ2v) is 5.02. The molecule has 0 aromatic rings. The molecule has 1 atom stereocenters. The predicted octanol–water partition coefficient (Wildman–Crippen LogP) is 1.71. The standard InChI is InChI=1S/C13H23NO4/c1-3-4-6-10(12(16)17)14-11(15)9-13(18-2)7-5-8-13/h10H,3-9H2,1-2H3,(H,14,15)(H,16,17). The summed E-state index contributed by atoms with van der Waals surface area (Å²) in [5, 5.41) is 11.6. The normalized spacial score (nSPS) is 18.8. The molecule has 0 radical (unpaired) electrons. The van der Waals surface area contributed by atoms with Gasteiger partial charge in [0.25, 0.3) is 0 Å². The molecule has 1 unspecified atom stereocenters. The van der Waals surface area contributed by atoms with E-state index >= 15 is 0 Å². The van der Waals surface area contributed by atoms with E-state index in [1.54, 1.807) is 7.11 Å².